The van der Waals surface area contributed by atoms with Crippen molar-refractivity contribution in [2.75, 3.05) is 0 Å². The summed E-state index contributed by atoms with van der Waals surface area (Å²) in [5.74, 6) is 1.25. The smallest absolute Gasteiger partial charge is 0.213 e. The fraction of sp³-hybridized carbons (Fsp3) is 0.545. The number of nitrogens with zero attached hydrogens (tertiary/aromatic N) is 1. The summed E-state index contributed by atoms with van der Waals surface area (Å²) < 4.78 is 5.49. The Morgan fingerprint density at radius 3 is 2.46 bits per heavy atom. The van der Waals surface area contributed by atoms with Crippen LogP contribution in [-0.2, 0) is 0 Å². The molecule has 0 N–H and O–H groups in total. The van der Waals surface area contributed by atoms with E-state index in [1.54, 1.807) is 6.20 Å². The molecule has 0 unspecified atom stereocenters. The van der Waals surface area contributed by atoms with Gasteiger partial charge in [0.15, 0.2) is 0 Å². The van der Waals surface area contributed by atoms with Gasteiger partial charge in [-0.05, 0) is 31.4 Å². The minimum atomic E-state index is 0.190. The average Bonchev–Trinajstić information content (AvgIpc) is 2.03. The Kier molecular flexibility index (Phi) is 3.29. The number of hydrogen-bond acceptors (Lipinski definition) is 2. The Hall–Kier alpha value is -1.05. The number of rotatable bonds is 3. The quantitative estimate of drug-likeness (QED) is 0.711. The van der Waals surface area contributed by atoms with E-state index in [-0.39, 0.29) is 6.10 Å². The Morgan fingerprint density at radius 1 is 1.23 bits per heavy atom. The van der Waals surface area contributed by atoms with Crippen molar-refractivity contribution < 1.29 is 4.74 Å². The molecule has 0 bridgehead atoms. The maximum absolute atomic E-state index is 5.49. The molecule has 13 heavy (non-hydrogen) atoms. The summed E-state index contributed by atoms with van der Waals surface area (Å²) in [4.78, 5) is 4.14. The second kappa shape index (κ2) is 4.26. The van der Waals surface area contributed by atoms with Crippen LogP contribution in [0.3, 0.4) is 0 Å². The van der Waals surface area contributed by atoms with Crippen molar-refractivity contribution in [1.82, 2.24) is 4.98 Å². The van der Waals surface area contributed by atoms with E-state index in [4.69, 9.17) is 4.74 Å². The summed E-state index contributed by atoms with van der Waals surface area (Å²) in [5, 5.41) is 0. The number of ether oxygens (including phenoxy) is 1. The third-order valence-corrected chi connectivity index (χ3v) is 1.78. The molecular formula is C11H17NO. The van der Waals surface area contributed by atoms with Gasteiger partial charge in [0, 0.05) is 12.3 Å². The fourth-order valence-electron chi connectivity index (χ4n) is 1.09. The van der Waals surface area contributed by atoms with Crippen LogP contribution in [0.4, 0.5) is 0 Å². The molecule has 2 nitrogen and oxygen atoms in total. The summed E-state index contributed by atoms with van der Waals surface area (Å²) in [6.07, 6.45) is 1.99. The highest BCUT2D eigenvalue weighted by atomic mass is 16.5. The molecular weight excluding hydrogens is 162 g/mol. The van der Waals surface area contributed by atoms with E-state index in [1.165, 1.54) is 5.56 Å². The van der Waals surface area contributed by atoms with Crippen molar-refractivity contribution in [1.29, 1.82) is 0 Å². The molecule has 1 rings (SSSR count). The van der Waals surface area contributed by atoms with Gasteiger partial charge >= 0.3 is 0 Å². The standard InChI is InChI=1S/C11H17NO/c1-8(2)10-5-6-12-11(7-10)13-9(3)4/h5-9H,1-4H3. The molecule has 0 radical (unpaired) electrons. The van der Waals surface area contributed by atoms with Crippen molar-refractivity contribution in [3.05, 3.63) is 23.9 Å². The lowest BCUT2D eigenvalue weighted by atomic mass is 10.1. The molecule has 1 heterocycles. The van der Waals surface area contributed by atoms with Crippen molar-refractivity contribution in [3.8, 4) is 5.88 Å². The highest BCUT2D eigenvalue weighted by molar-refractivity contribution is 5.23. The molecule has 0 saturated carbocycles. The maximum atomic E-state index is 5.49. The summed E-state index contributed by atoms with van der Waals surface area (Å²) in [6, 6.07) is 4.03. The van der Waals surface area contributed by atoms with E-state index in [0.29, 0.717) is 5.92 Å². The zero-order valence-electron chi connectivity index (χ0n) is 8.74. The summed E-state index contributed by atoms with van der Waals surface area (Å²) in [5.41, 5.74) is 1.27. The van der Waals surface area contributed by atoms with E-state index in [2.05, 4.69) is 18.8 Å². The second-order valence-electron chi connectivity index (χ2n) is 3.75. The second-order valence-corrected chi connectivity index (χ2v) is 3.75. The molecule has 0 aliphatic rings. The zero-order valence-corrected chi connectivity index (χ0v) is 8.74. The predicted octanol–water partition coefficient (Wildman–Crippen LogP) is 2.99. The number of pyridine rings is 1. The van der Waals surface area contributed by atoms with Gasteiger partial charge in [0.25, 0.3) is 0 Å². The van der Waals surface area contributed by atoms with Gasteiger partial charge in [-0.1, -0.05) is 13.8 Å². The molecule has 0 amide bonds. The minimum Gasteiger partial charge on any atom is -0.475 e. The van der Waals surface area contributed by atoms with Crippen LogP contribution in [0.15, 0.2) is 18.3 Å². The van der Waals surface area contributed by atoms with E-state index >= 15 is 0 Å². The molecule has 0 fully saturated rings. The predicted molar refractivity (Wildman–Crippen MR) is 54.1 cm³/mol. The average molecular weight is 179 g/mol. The normalized spacial score (nSPS) is 10.9. The van der Waals surface area contributed by atoms with E-state index < -0.39 is 0 Å². The number of aromatic nitrogens is 1. The van der Waals surface area contributed by atoms with Crippen LogP contribution in [0.2, 0.25) is 0 Å². The lowest BCUT2D eigenvalue weighted by Gasteiger charge is -2.10. The van der Waals surface area contributed by atoms with Gasteiger partial charge in [-0.2, -0.15) is 0 Å². The van der Waals surface area contributed by atoms with Gasteiger partial charge < -0.3 is 4.74 Å². The highest BCUT2D eigenvalue weighted by Crippen LogP contribution is 2.18. The SMILES string of the molecule is CC(C)Oc1cc(C(C)C)ccn1. The van der Waals surface area contributed by atoms with E-state index in [0.717, 1.165) is 5.88 Å². The van der Waals surface area contributed by atoms with Crippen LogP contribution in [0.25, 0.3) is 0 Å². The fourth-order valence-corrected chi connectivity index (χ4v) is 1.09. The topological polar surface area (TPSA) is 22.1 Å². The van der Waals surface area contributed by atoms with Crippen LogP contribution in [0.5, 0.6) is 5.88 Å². The highest BCUT2D eigenvalue weighted by Gasteiger charge is 2.03. The molecule has 1 aromatic rings. The van der Waals surface area contributed by atoms with Gasteiger partial charge in [0.05, 0.1) is 6.10 Å². The first kappa shape index (κ1) is 10.0. The Morgan fingerprint density at radius 2 is 1.92 bits per heavy atom. The van der Waals surface area contributed by atoms with E-state index in [9.17, 15) is 0 Å². The molecule has 0 spiro atoms. The van der Waals surface area contributed by atoms with Crippen LogP contribution >= 0.6 is 0 Å². The maximum Gasteiger partial charge on any atom is 0.213 e. The third-order valence-electron chi connectivity index (χ3n) is 1.78. The van der Waals surface area contributed by atoms with Gasteiger partial charge in [-0.25, -0.2) is 4.98 Å². The molecule has 0 atom stereocenters. The Balaban J connectivity index is 2.79. The Bertz CT molecular complexity index is 269. The lowest BCUT2D eigenvalue weighted by Crippen LogP contribution is -2.07. The first-order valence-corrected chi connectivity index (χ1v) is 4.72. The van der Waals surface area contributed by atoms with Crippen molar-refractivity contribution in [2.45, 2.75) is 39.7 Å². The molecule has 72 valence electrons. The van der Waals surface area contributed by atoms with Gasteiger partial charge in [0.2, 0.25) is 5.88 Å². The lowest BCUT2D eigenvalue weighted by molar-refractivity contribution is 0.232. The van der Waals surface area contributed by atoms with Crippen LogP contribution < -0.4 is 4.74 Å². The summed E-state index contributed by atoms with van der Waals surface area (Å²) in [7, 11) is 0. The van der Waals surface area contributed by atoms with Crippen LogP contribution in [0, 0.1) is 0 Å². The Labute approximate surface area is 80.0 Å². The largest absolute Gasteiger partial charge is 0.475 e. The summed E-state index contributed by atoms with van der Waals surface area (Å²) >= 11 is 0. The van der Waals surface area contributed by atoms with Crippen LogP contribution in [0.1, 0.15) is 39.2 Å². The monoisotopic (exact) mass is 179 g/mol. The van der Waals surface area contributed by atoms with Crippen LogP contribution in [-0.4, -0.2) is 11.1 Å². The molecule has 0 saturated heterocycles. The molecule has 0 aliphatic carbocycles. The number of hydrogen-bond donors (Lipinski definition) is 0. The van der Waals surface area contributed by atoms with Crippen molar-refractivity contribution >= 4 is 0 Å². The molecule has 2 heteroatoms. The minimum absolute atomic E-state index is 0.190. The molecule has 1 aromatic heterocycles. The van der Waals surface area contributed by atoms with E-state index in [1.807, 2.05) is 26.0 Å². The van der Waals surface area contributed by atoms with Gasteiger partial charge in [-0.15, -0.1) is 0 Å². The van der Waals surface area contributed by atoms with Gasteiger partial charge in [-0.3, -0.25) is 0 Å². The zero-order chi connectivity index (χ0) is 9.84. The third kappa shape index (κ3) is 3.05. The summed E-state index contributed by atoms with van der Waals surface area (Å²) in [6.45, 7) is 8.33. The van der Waals surface area contributed by atoms with Gasteiger partial charge in [0.1, 0.15) is 0 Å². The van der Waals surface area contributed by atoms with Crippen molar-refractivity contribution in [2.24, 2.45) is 0 Å². The first-order valence-electron chi connectivity index (χ1n) is 4.72. The molecule has 0 aromatic carbocycles. The van der Waals surface area contributed by atoms with Crippen molar-refractivity contribution in [3.63, 3.8) is 0 Å². The molecule has 0 aliphatic heterocycles. The first-order chi connectivity index (χ1) is 6.09.